The predicted molar refractivity (Wildman–Crippen MR) is 71.5 cm³/mol. The van der Waals surface area contributed by atoms with Gasteiger partial charge in [-0.25, -0.2) is 8.42 Å². The average Bonchev–Trinajstić information content (AvgIpc) is 2.78. The molecule has 19 heavy (non-hydrogen) atoms. The van der Waals surface area contributed by atoms with Gasteiger partial charge in [0.15, 0.2) is 0 Å². The summed E-state index contributed by atoms with van der Waals surface area (Å²) in [6.07, 6.45) is 2.82. The highest BCUT2D eigenvalue weighted by atomic mass is 32.2. The van der Waals surface area contributed by atoms with Crippen LogP contribution in [0.15, 0.2) is 15.4 Å². The second kappa shape index (κ2) is 4.61. The van der Waals surface area contributed by atoms with E-state index >= 15 is 0 Å². The number of hydrogen-bond donors (Lipinski definition) is 1. The first-order valence-electron chi connectivity index (χ1n) is 6.81. The van der Waals surface area contributed by atoms with Crippen molar-refractivity contribution in [3.63, 3.8) is 0 Å². The molecule has 0 amide bonds. The van der Waals surface area contributed by atoms with E-state index in [1.54, 1.807) is 24.2 Å². The van der Waals surface area contributed by atoms with Crippen LogP contribution in [0.5, 0.6) is 0 Å². The number of nitrogens with one attached hydrogen (secondary N) is 1. The molecule has 2 aliphatic heterocycles. The Morgan fingerprint density at radius 1 is 1.26 bits per heavy atom. The molecule has 1 N–H and O–H groups in total. The Kier molecular flexibility index (Phi) is 3.19. The largest absolute Gasteiger partial charge is 0.465 e. The van der Waals surface area contributed by atoms with E-state index in [-0.39, 0.29) is 12.1 Å². The third-order valence-electron chi connectivity index (χ3n) is 4.14. The molecule has 5 nitrogen and oxygen atoms in total. The molecule has 0 saturated carbocycles. The van der Waals surface area contributed by atoms with Gasteiger partial charge >= 0.3 is 0 Å². The lowest BCUT2D eigenvalue weighted by molar-refractivity contribution is 0.333. The Morgan fingerprint density at radius 2 is 2.00 bits per heavy atom. The highest BCUT2D eigenvalue weighted by molar-refractivity contribution is 7.89. The summed E-state index contributed by atoms with van der Waals surface area (Å²) in [4.78, 5) is 0.337. The Bertz CT molecular complexity index is 565. The Labute approximate surface area is 114 Å². The van der Waals surface area contributed by atoms with E-state index in [0.29, 0.717) is 16.4 Å². The number of furan rings is 1. The number of sulfonamides is 1. The molecule has 2 unspecified atom stereocenters. The quantitative estimate of drug-likeness (QED) is 0.892. The van der Waals surface area contributed by atoms with Gasteiger partial charge in [0.1, 0.15) is 16.4 Å². The lowest BCUT2D eigenvalue weighted by Gasteiger charge is -2.26. The molecule has 3 rings (SSSR count). The molecule has 2 saturated heterocycles. The van der Waals surface area contributed by atoms with Crippen LogP contribution in [0.3, 0.4) is 0 Å². The summed E-state index contributed by atoms with van der Waals surface area (Å²) in [5.74, 6) is 1.14. The molecule has 0 spiro atoms. The maximum atomic E-state index is 12.9. The third-order valence-corrected chi connectivity index (χ3v) is 6.25. The predicted octanol–water partition coefficient (Wildman–Crippen LogP) is 1.41. The summed E-state index contributed by atoms with van der Waals surface area (Å²) in [7, 11) is -3.43. The first-order chi connectivity index (χ1) is 9.00. The van der Waals surface area contributed by atoms with Gasteiger partial charge in [0.05, 0.1) is 0 Å². The smallest absolute Gasteiger partial charge is 0.247 e. The van der Waals surface area contributed by atoms with Gasteiger partial charge < -0.3 is 9.73 Å². The maximum absolute atomic E-state index is 12.9. The van der Waals surface area contributed by atoms with Crippen LogP contribution in [0.1, 0.15) is 30.8 Å². The van der Waals surface area contributed by atoms with E-state index in [1.807, 2.05) is 0 Å². The standard InChI is InChI=1S/C13H20N2O3S/c1-9-7-13(10(2)18-9)19(16,17)15-11-3-4-12(15)8-14-6-5-11/h7,11-12,14H,3-6,8H2,1-2H3. The zero-order valence-electron chi connectivity index (χ0n) is 11.3. The zero-order valence-corrected chi connectivity index (χ0v) is 12.2. The van der Waals surface area contributed by atoms with Crippen molar-refractivity contribution >= 4 is 10.0 Å². The Morgan fingerprint density at radius 3 is 2.68 bits per heavy atom. The van der Waals surface area contributed by atoms with Gasteiger partial charge in [-0.15, -0.1) is 0 Å². The third kappa shape index (κ3) is 2.11. The number of hydrogen-bond acceptors (Lipinski definition) is 4. The van der Waals surface area contributed by atoms with Gasteiger partial charge in [-0.05, 0) is 45.7 Å². The van der Waals surface area contributed by atoms with Gasteiger partial charge in [0.25, 0.3) is 0 Å². The fourth-order valence-corrected chi connectivity index (χ4v) is 5.43. The minimum Gasteiger partial charge on any atom is -0.465 e. The first kappa shape index (κ1) is 13.1. The van der Waals surface area contributed by atoms with E-state index < -0.39 is 10.0 Å². The van der Waals surface area contributed by atoms with E-state index in [9.17, 15) is 8.42 Å². The fourth-order valence-electron chi connectivity index (χ4n) is 3.31. The normalized spacial score (nSPS) is 28.5. The Balaban J connectivity index is 2.02. The van der Waals surface area contributed by atoms with Crippen LogP contribution in [-0.2, 0) is 10.0 Å². The summed E-state index contributed by atoms with van der Waals surface area (Å²) < 4.78 is 32.9. The molecule has 3 heterocycles. The van der Waals surface area contributed by atoms with Crippen LogP contribution in [-0.4, -0.2) is 37.9 Å². The van der Waals surface area contributed by atoms with Crippen molar-refractivity contribution in [2.24, 2.45) is 0 Å². The minimum atomic E-state index is -3.43. The molecule has 2 bridgehead atoms. The molecular weight excluding hydrogens is 264 g/mol. The lowest BCUT2D eigenvalue weighted by Crippen LogP contribution is -2.42. The zero-order chi connectivity index (χ0) is 13.6. The number of rotatable bonds is 2. The SMILES string of the molecule is Cc1cc(S(=O)(=O)N2C3CCNCC2CC3)c(C)o1. The second-order valence-corrected chi connectivity index (χ2v) is 7.30. The summed E-state index contributed by atoms with van der Waals surface area (Å²) in [6.45, 7) is 5.16. The van der Waals surface area contributed by atoms with Crippen LogP contribution in [0.25, 0.3) is 0 Å². The van der Waals surface area contributed by atoms with Crippen molar-refractivity contribution in [1.29, 1.82) is 0 Å². The van der Waals surface area contributed by atoms with Crippen molar-refractivity contribution in [2.75, 3.05) is 13.1 Å². The topological polar surface area (TPSA) is 62.6 Å². The van der Waals surface area contributed by atoms with Crippen LogP contribution < -0.4 is 5.32 Å². The van der Waals surface area contributed by atoms with Crippen molar-refractivity contribution in [1.82, 2.24) is 9.62 Å². The maximum Gasteiger partial charge on any atom is 0.247 e. The molecule has 6 heteroatoms. The van der Waals surface area contributed by atoms with E-state index in [4.69, 9.17) is 4.42 Å². The number of nitrogens with zero attached hydrogens (tertiary/aromatic N) is 1. The summed E-state index contributed by atoms with van der Waals surface area (Å²) >= 11 is 0. The minimum absolute atomic E-state index is 0.0899. The number of aryl methyl sites for hydroxylation is 2. The van der Waals surface area contributed by atoms with Crippen molar-refractivity contribution < 1.29 is 12.8 Å². The van der Waals surface area contributed by atoms with Gasteiger partial charge in [0, 0.05) is 18.6 Å². The van der Waals surface area contributed by atoms with E-state index in [2.05, 4.69) is 5.32 Å². The van der Waals surface area contributed by atoms with Gasteiger partial charge in [0.2, 0.25) is 10.0 Å². The van der Waals surface area contributed by atoms with Gasteiger partial charge in [-0.2, -0.15) is 4.31 Å². The molecule has 2 atom stereocenters. The summed E-state index contributed by atoms with van der Waals surface area (Å²) in [6, 6.07) is 1.87. The molecule has 0 aromatic carbocycles. The summed E-state index contributed by atoms with van der Waals surface area (Å²) in [5.41, 5.74) is 0. The molecule has 1 aromatic rings. The Hall–Kier alpha value is -0.850. The van der Waals surface area contributed by atoms with Crippen molar-refractivity contribution in [3.05, 3.63) is 17.6 Å². The van der Waals surface area contributed by atoms with Gasteiger partial charge in [-0.1, -0.05) is 0 Å². The molecule has 2 fully saturated rings. The first-order valence-corrected chi connectivity index (χ1v) is 8.25. The molecule has 2 aliphatic rings. The van der Waals surface area contributed by atoms with Gasteiger partial charge in [-0.3, -0.25) is 0 Å². The molecular formula is C13H20N2O3S. The van der Waals surface area contributed by atoms with E-state index in [1.165, 1.54) is 0 Å². The van der Waals surface area contributed by atoms with Crippen LogP contribution >= 0.6 is 0 Å². The van der Waals surface area contributed by atoms with Crippen LogP contribution in [0.2, 0.25) is 0 Å². The fraction of sp³-hybridized carbons (Fsp3) is 0.692. The average molecular weight is 284 g/mol. The lowest BCUT2D eigenvalue weighted by atomic mass is 10.1. The van der Waals surface area contributed by atoms with Crippen molar-refractivity contribution in [2.45, 2.75) is 50.1 Å². The summed E-state index contributed by atoms with van der Waals surface area (Å²) in [5, 5.41) is 3.32. The van der Waals surface area contributed by atoms with Crippen LogP contribution in [0.4, 0.5) is 0 Å². The second-order valence-electron chi connectivity index (χ2n) is 5.49. The number of fused-ring (bicyclic) bond motifs is 2. The molecule has 0 radical (unpaired) electrons. The highest BCUT2D eigenvalue weighted by Gasteiger charge is 2.44. The molecule has 0 aliphatic carbocycles. The molecule has 106 valence electrons. The van der Waals surface area contributed by atoms with E-state index in [0.717, 1.165) is 32.4 Å². The monoisotopic (exact) mass is 284 g/mol. The molecule has 1 aromatic heterocycles. The highest BCUT2D eigenvalue weighted by Crippen LogP contribution is 2.35. The van der Waals surface area contributed by atoms with Crippen LogP contribution in [0, 0.1) is 13.8 Å². The van der Waals surface area contributed by atoms with Crippen molar-refractivity contribution in [3.8, 4) is 0 Å².